The summed E-state index contributed by atoms with van der Waals surface area (Å²) in [6, 6.07) is 2.81. The predicted molar refractivity (Wildman–Crippen MR) is 111 cm³/mol. The number of carboxylic acid groups (broad SMARTS) is 1. The third-order valence-electron chi connectivity index (χ3n) is 4.78. The van der Waals surface area contributed by atoms with Crippen LogP contribution in [0.15, 0.2) is 24.4 Å². The van der Waals surface area contributed by atoms with Crippen molar-refractivity contribution in [2.24, 2.45) is 0 Å². The van der Waals surface area contributed by atoms with Crippen LogP contribution >= 0.6 is 11.6 Å². The number of aryl methyl sites for hydroxylation is 1. The van der Waals surface area contributed by atoms with E-state index in [4.69, 9.17) is 21.5 Å². The van der Waals surface area contributed by atoms with Crippen molar-refractivity contribution in [3.8, 4) is 0 Å². The highest BCUT2D eigenvalue weighted by Gasteiger charge is 2.38. The van der Waals surface area contributed by atoms with Crippen LogP contribution in [0, 0.1) is 6.92 Å². The Morgan fingerprint density at radius 1 is 1.09 bits per heavy atom. The first-order valence-electron chi connectivity index (χ1n) is 9.82. The number of imidazole rings is 1. The number of carbonyl (C=O) groups is 3. The van der Waals surface area contributed by atoms with Gasteiger partial charge in [-0.3, -0.25) is 9.59 Å². The van der Waals surface area contributed by atoms with Gasteiger partial charge in [0, 0.05) is 49.2 Å². The van der Waals surface area contributed by atoms with E-state index >= 15 is 0 Å². The standard InChI is InChI=1S/C18H18ClF3N4O2.C2HF3O2/c1-11-10-23-15-2-3-25(4-5-26(11)15)17(28)12-6-13(18(20,21)22)8-14(7-12)24-16(27)9-19;3-2(4,5)1(6)7/h6-8,10H,2-5,9H2,1H3,(H,24,27);(H,6,7). The minimum atomic E-state index is -5.08. The highest BCUT2D eigenvalue weighted by atomic mass is 35.5. The van der Waals surface area contributed by atoms with Gasteiger partial charge >= 0.3 is 18.3 Å². The molecule has 2 amide bonds. The fourth-order valence-corrected chi connectivity index (χ4v) is 3.22. The molecule has 0 saturated heterocycles. The third kappa shape index (κ3) is 7.60. The molecule has 2 N–H and O–H groups in total. The first kappa shape index (κ1) is 28.0. The zero-order valence-electron chi connectivity index (χ0n) is 18.0. The van der Waals surface area contributed by atoms with Gasteiger partial charge in [-0.25, -0.2) is 9.78 Å². The van der Waals surface area contributed by atoms with Crippen LogP contribution in [0.2, 0.25) is 0 Å². The Hall–Kier alpha value is -3.29. The molecule has 0 saturated carbocycles. The van der Waals surface area contributed by atoms with Crippen LogP contribution in [0.1, 0.15) is 27.4 Å². The molecule has 0 unspecified atom stereocenters. The van der Waals surface area contributed by atoms with Crippen LogP contribution in [0.4, 0.5) is 32.0 Å². The van der Waals surface area contributed by atoms with Gasteiger partial charge in [-0.15, -0.1) is 11.6 Å². The van der Waals surface area contributed by atoms with Crippen LogP contribution < -0.4 is 5.32 Å². The SMILES string of the molecule is Cc1cnc2n1CCN(C(=O)c1cc(NC(=O)CCl)cc(C(F)(F)F)c1)CC2.O=C(O)C(F)(F)F. The second-order valence-electron chi connectivity index (χ2n) is 7.29. The Kier molecular flexibility index (Phi) is 8.76. The lowest BCUT2D eigenvalue weighted by Crippen LogP contribution is -2.34. The van der Waals surface area contributed by atoms with Gasteiger partial charge in [0.1, 0.15) is 11.7 Å². The summed E-state index contributed by atoms with van der Waals surface area (Å²) in [7, 11) is 0. The molecule has 1 aliphatic rings. The number of fused-ring (bicyclic) bond motifs is 1. The summed E-state index contributed by atoms with van der Waals surface area (Å²) in [5, 5.41) is 9.40. The normalized spacial score (nSPS) is 13.8. The van der Waals surface area contributed by atoms with E-state index in [0.717, 1.165) is 23.7 Å². The Balaban J connectivity index is 0.000000540. The maximum atomic E-state index is 13.2. The highest BCUT2D eigenvalue weighted by Crippen LogP contribution is 2.32. The number of amides is 2. The van der Waals surface area contributed by atoms with E-state index in [-0.39, 0.29) is 11.3 Å². The number of carboxylic acids is 1. The number of aromatic nitrogens is 2. The molecular formula is C20H19ClF6N4O4. The Morgan fingerprint density at radius 3 is 2.26 bits per heavy atom. The summed E-state index contributed by atoms with van der Waals surface area (Å²) in [5.74, 6) is -3.51. The van der Waals surface area contributed by atoms with Gasteiger partial charge in [-0.05, 0) is 25.1 Å². The summed E-state index contributed by atoms with van der Waals surface area (Å²) in [5.41, 5.74) is -0.311. The van der Waals surface area contributed by atoms with Gasteiger partial charge in [0.25, 0.3) is 5.91 Å². The molecule has 2 aromatic rings. The fourth-order valence-electron chi connectivity index (χ4n) is 3.15. The molecule has 15 heteroatoms. The Labute approximate surface area is 199 Å². The van der Waals surface area contributed by atoms with Gasteiger partial charge in [0.05, 0.1) is 5.56 Å². The summed E-state index contributed by atoms with van der Waals surface area (Å²) in [6.45, 7) is 3.12. The van der Waals surface area contributed by atoms with E-state index in [0.29, 0.717) is 26.1 Å². The third-order valence-corrected chi connectivity index (χ3v) is 5.02. The zero-order valence-corrected chi connectivity index (χ0v) is 18.8. The second kappa shape index (κ2) is 11.0. The number of rotatable bonds is 3. The van der Waals surface area contributed by atoms with Crippen molar-refractivity contribution in [1.29, 1.82) is 0 Å². The molecule has 0 aliphatic carbocycles. The number of carbonyl (C=O) groups excluding carboxylic acids is 2. The number of anilines is 1. The van der Waals surface area contributed by atoms with Crippen LogP contribution in [-0.4, -0.2) is 62.5 Å². The maximum Gasteiger partial charge on any atom is 0.490 e. The van der Waals surface area contributed by atoms with Crippen LogP contribution in [0.25, 0.3) is 0 Å². The van der Waals surface area contributed by atoms with Gasteiger partial charge in [0.15, 0.2) is 0 Å². The van der Waals surface area contributed by atoms with Crippen LogP contribution in [0.5, 0.6) is 0 Å². The Morgan fingerprint density at radius 2 is 1.71 bits per heavy atom. The zero-order chi connectivity index (χ0) is 26.6. The maximum absolute atomic E-state index is 13.2. The molecule has 0 bridgehead atoms. The molecule has 192 valence electrons. The number of nitrogens with one attached hydrogen (secondary N) is 1. The predicted octanol–water partition coefficient (Wildman–Crippen LogP) is 3.72. The molecule has 35 heavy (non-hydrogen) atoms. The average Bonchev–Trinajstić information content (AvgIpc) is 2.98. The van der Waals surface area contributed by atoms with E-state index in [2.05, 4.69) is 10.3 Å². The topological polar surface area (TPSA) is 105 Å². The molecule has 1 aromatic carbocycles. The molecule has 0 fully saturated rings. The van der Waals surface area contributed by atoms with Gasteiger partial charge in [-0.2, -0.15) is 26.3 Å². The molecule has 1 aromatic heterocycles. The van der Waals surface area contributed by atoms with Crippen molar-refractivity contribution in [3.05, 3.63) is 47.0 Å². The fraction of sp³-hybridized carbons (Fsp3) is 0.400. The number of benzene rings is 1. The Bertz CT molecular complexity index is 1100. The van der Waals surface area contributed by atoms with Crippen LogP contribution in [0.3, 0.4) is 0 Å². The van der Waals surface area contributed by atoms with Crippen molar-refractivity contribution in [3.63, 3.8) is 0 Å². The van der Waals surface area contributed by atoms with E-state index in [1.807, 2.05) is 11.5 Å². The molecule has 3 rings (SSSR count). The van der Waals surface area contributed by atoms with Crippen molar-refractivity contribution in [2.75, 3.05) is 24.3 Å². The van der Waals surface area contributed by atoms with E-state index < -0.39 is 41.6 Å². The summed E-state index contributed by atoms with van der Waals surface area (Å²) in [6.07, 6.45) is -7.48. The lowest BCUT2D eigenvalue weighted by atomic mass is 10.1. The first-order chi connectivity index (χ1) is 16.1. The van der Waals surface area contributed by atoms with Gasteiger partial charge in [-0.1, -0.05) is 0 Å². The molecule has 0 atom stereocenters. The number of aliphatic carboxylic acids is 1. The van der Waals surface area contributed by atoms with Crippen molar-refractivity contribution in [1.82, 2.24) is 14.5 Å². The van der Waals surface area contributed by atoms with Crippen molar-refractivity contribution < 1.29 is 45.8 Å². The quantitative estimate of drug-likeness (QED) is 0.467. The monoisotopic (exact) mass is 528 g/mol. The van der Waals surface area contributed by atoms with Crippen LogP contribution in [-0.2, 0) is 28.7 Å². The van der Waals surface area contributed by atoms with E-state index in [9.17, 15) is 35.9 Å². The minimum Gasteiger partial charge on any atom is -0.475 e. The molecular weight excluding hydrogens is 510 g/mol. The number of nitrogens with zero attached hydrogens (tertiary/aromatic N) is 3. The van der Waals surface area contributed by atoms with Crippen molar-refractivity contribution in [2.45, 2.75) is 32.2 Å². The second-order valence-corrected chi connectivity index (χ2v) is 7.56. The summed E-state index contributed by atoms with van der Waals surface area (Å²) >= 11 is 5.40. The number of hydrogen-bond acceptors (Lipinski definition) is 4. The van der Waals surface area contributed by atoms with E-state index in [1.165, 1.54) is 11.0 Å². The van der Waals surface area contributed by atoms with Gasteiger partial charge in [0.2, 0.25) is 5.91 Å². The lowest BCUT2D eigenvalue weighted by Gasteiger charge is -2.21. The van der Waals surface area contributed by atoms with Crippen molar-refractivity contribution >= 4 is 35.1 Å². The van der Waals surface area contributed by atoms with E-state index in [1.54, 1.807) is 6.20 Å². The summed E-state index contributed by atoms with van der Waals surface area (Å²) < 4.78 is 73.5. The average molecular weight is 529 g/mol. The minimum absolute atomic E-state index is 0.123. The molecule has 0 radical (unpaired) electrons. The number of hydrogen-bond donors (Lipinski definition) is 2. The molecule has 1 aliphatic heterocycles. The largest absolute Gasteiger partial charge is 0.490 e. The summed E-state index contributed by atoms with van der Waals surface area (Å²) in [4.78, 5) is 39.1. The number of halogens is 7. The smallest absolute Gasteiger partial charge is 0.475 e. The molecule has 2 heterocycles. The molecule has 8 nitrogen and oxygen atoms in total. The highest BCUT2D eigenvalue weighted by molar-refractivity contribution is 6.29. The lowest BCUT2D eigenvalue weighted by molar-refractivity contribution is -0.192. The first-order valence-corrected chi connectivity index (χ1v) is 10.4. The molecule has 0 spiro atoms. The number of alkyl halides is 7. The van der Waals surface area contributed by atoms with Gasteiger partial charge < -0.3 is 19.9 Å².